The average molecular weight is 467 g/mol. The zero-order valence-electron chi connectivity index (χ0n) is 18.7. The van der Waals surface area contributed by atoms with E-state index in [0.717, 1.165) is 61.1 Å². The summed E-state index contributed by atoms with van der Waals surface area (Å²) >= 11 is 5.09. The highest BCUT2D eigenvalue weighted by Gasteiger charge is 2.43. The lowest BCUT2D eigenvalue weighted by Crippen LogP contribution is -2.35. The van der Waals surface area contributed by atoms with Crippen molar-refractivity contribution in [3.8, 4) is 5.69 Å². The Morgan fingerprint density at radius 3 is 2.39 bits per heavy atom. The second-order valence-electron chi connectivity index (χ2n) is 9.05. The molecule has 2 fully saturated rings. The van der Waals surface area contributed by atoms with Crippen LogP contribution in [0.5, 0.6) is 0 Å². The van der Waals surface area contributed by atoms with Gasteiger partial charge < -0.3 is 9.80 Å². The number of hydrogen-bond donors (Lipinski definition) is 0. The molecule has 1 aliphatic carbocycles. The van der Waals surface area contributed by atoms with Gasteiger partial charge in [0.1, 0.15) is 12.7 Å². The van der Waals surface area contributed by atoms with Crippen LogP contribution in [0.25, 0.3) is 5.69 Å². The van der Waals surface area contributed by atoms with Crippen LogP contribution in [0.2, 0.25) is 5.02 Å². The van der Waals surface area contributed by atoms with Gasteiger partial charge in [0.25, 0.3) is 5.02 Å². The Morgan fingerprint density at radius 1 is 1.09 bits per heavy atom. The van der Waals surface area contributed by atoms with Crippen LogP contribution in [0.4, 0.5) is 11.6 Å². The Bertz CT molecular complexity index is 1060. The molecule has 172 valence electrons. The van der Waals surface area contributed by atoms with Gasteiger partial charge in [-0.05, 0) is 67.7 Å². The van der Waals surface area contributed by atoms with Crippen LogP contribution in [-0.2, 0) is 4.79 Å². The van der Waals surface area contributed by atoms with Crippen molar-refractivity contribution in [3.05, 3.63) is 54.3 Å². The first-order chi connectivity index (χ1) is 16.1. The van der Waals surface area contributed by atoms with Crippen molar-refractivity contribution in [1.29, 1.82) is 0 Å². The van der Waals surface area contributed by atoms with Gasteiger partial charge >= 0.3 is 0 Å². The van der Waals surface area contributed by atoms with Gasteiger partial charge in [-0.3, -0.25) is 9.36 Å². The van der Waals surface area contributed by atoms with E-state index in [4.69, 9.17) is 11.6 Å². The number of carbonyl (C=O) groups is 1. The zero-order chi connectivity index (χ0) is 22.8. The molecule has 3 heterocycles. The van der Waals surface area contributed by atoms with Crippen molar-refractivity contribution in [2.45, 2.75) is 32.6 Å². The molecule has 1 aromatic carbocycles. The number of anilines is 2. The summed E-state index contributed by atoms with van der Waals surface area (Å²) in [6, 6.07) is 7.98. The van der Waals surface area contributed by atoms with E-state index < -0.39 is 0 Å². The molecular weight excluding hydrogens is 438 g/mol. The van der Waals surface area contributed by atoms with Crippen molar-refractivity contribution in [2.24, 2.45) is 17.8 Å². The van der Waals surface area contributed by atoms with E-state index in [1.807, 2.05) is 33.7 Å². The van der Waals surface area contributed by atoms with Gasteiger partial charge in [-0.25, -0.2) is 9.97 Å². The molecule has 8 nitrogen and oxygen atoms in total. The second kappa shape index (κ2) is 9.47. The lowest BCUT2D eigenvalue weighted by molar-refractivity contribution is -0.289. The molecule has 0 N–H and O–H groups in total. The largest absolute Gasteiger partial charge is 0.341 e. The first kappa shape index (κ1) is 21.8. The van der Waals surface area contributed by atoms with Crippen molar-refractivity contribution in [1.82, 2.24) is 24.7 Å². The SMILES string of the molecule is CC(=O)N(CC[C@@H]1C[C@@H]1C1CCN(c2ncc([ClH+])cn2)CC1)c1ccc(-n2cnnc2)cc1. The van der Waals surface area contributed by atoms with E-state index in [2.05, 4.69) is 25.1 Å². The van der Waals surface area contributed by atoms with Crippen LogP contribution in [0, 0.1) is 29.4 Å². The van der Waals surface area contributed by atoms with E-state index in [0.29, 0.717) is 5.02 Å². The summed E-state index contributed by atoms with van der Waals surface area (Å²) < 4.78 is 1.85. The fourth-order valence-electron chi connectivity index (χ4n) is 5.08. The Hall–Kier alpha value is -3.00. The predicted molar refractivity (Wildman–Crippen MR) is 123 cm³/mol. The first-order valence-electron chi connectivity index (χ1n) is 11.6. The maximum Gasteiger partial charge on any atom is 0.262 e. The van der Waals surface area contributed by atoms with E-state index >= 15 is 0 Å². The number of piperidine rings is 1. The highest BCUT2D eigenvalue weighted by Crippen LogP contribution is 2.50. The summed E-state index contributed by atoms with van der Waals surface area (Å²) in [5.74, 6) is 3.14. The lowest BCUT2D eigenvalue weighted by atomic mass is 9.90. The normalized spacial score (nSPS) is 20.6. The molecule has 5 rings (SSSR count). The molecule has 2 aromatic heterocycles. The highest BCUT2D eigenvalue weighted by molar-refractivity contribution is 5.91. The monoisotopic (exact) mass is 466 g/mol. The molecule has 0 radical (unpaired) electrons. The number of benzene rings is 1. The average Bonchev–Trinajstić information content (AvgIpc) is 3.39. The molecule has 0 bridgehead atoms. The van der Waals surface area contributed by atoms with Crippen LogP contribution >= 0.6 is 0 Å². The van der Waals surface area contributed by atoms with Gasteiger partial charge in [0.2, 0.25) is 11.9 Å². The number of aromatic nitrogens is 5. The van der Waals surface area contributed by atoms with Gasteiger partial charge in [-0.2, -0.15) is 0 Å². The standard InChI is InChI=1S/C24H29ClN7O/c1-17(33)32(22-4-2-21(3-5-22)31-15-28-29-16-31)11-8-19-12-23(19)18-6-9-30(10-7-18)24-26-13-20(25)14-27-24/h2-5,13-16,18-19,23,25H,6-12H2,1H3/q+1/t19-,23-/m1/s1. The molecule has 9 heteroatoms. The predicted octanol–water partition coefficient (Wildman–Crippen LogP) is 3.05. The highest BCUT2D eigenvalue weighted by atomic mass is 35.5. The summed E-state index contributed by atoms with van der Waals surface area (Å²) in [6.07, 6.45) is 11.5. The van der Waals surface area contributed by atoms with E-state index in [1.54, 1.807) is 32.0 Å². The fourth-order valence-corrected chi connectivity index (χ4v) is 5.19. The minimum atomic E-state index is 0.0858. The number of nitrogens with zero attached hydrogens (tertiary/aromatic N) is 7. The summed E-state index contributed by atoms with van der Waals surface area (Å²) in [6.45, 7) is 4.42. The summed E-state index contributed by atoms with van der Waals surface area (Å²) in [4.78, 5) is 25.3. The van der Waals surface area contributed by atoms with Gasteiger partial charge in [0, 0.05) is 37.9 Å². The van der Waals surface area contributed by atoms with Crippen molar-refractivity contribution >= 4 is 17.5 Å². The van der Waals surface area contributed by atoms with Crippen LogP contribution in [0.1, 0.15) is 32.6 Å². The van der Waals surface area contributed by atoms with Crippen LogP contribution in [0.15, 0.2) is 49.3 Å². The summed E-state index contributed by atoms with van der Waals surface area (Å²) in [5, 5.41) is 8.37. The molecule has 33 heavy (non-hydrogen) atoms. The van der Waals surface area contributed by atoms with Crippen molar-refractivity contribution in [2.75, 3.05) is 29.4 Å². The number of hydrogen-bond acceptors (Lipinski definition) is 6. The molecule has 2 atom stereocenters. The van der Waals surface area contributed by atoms with E-state index in [9.17, 15) is 4.79 Å². The maximum atomic E-state index is 12.3. The molecule has 2 aliphatic rings. The first-order valence-corrected chi connectivity index (χ1v) is 12.0. The number of rotatable bonds is 7. The van der Waals surface area contributed by atoms with Gasteiger partial charge in [0.05, 0.1) is 12.4 Å². The van der Waals surface area contributed by atoms with Gasteiger partial charge in [0.15, 0.2) is 11.6 Å². The summed E-state index contributed by atoms with van der Waals surface area (Å²) in [5.41, 5.74) is 1.92. The second-order valence-corrected chi connectivity index (χ2v) is 9.52. The molecule has 1 saturated heterocycles. The molecular formula is C24H29ClN7O+. The zero-order valence-corrected chi connectivity index (χ0v) is 19.6. The smallest absolute Gasteiger partial charge is 0.262 e. The van der Waals surface area contributed by atoms with Gasteiger partial charge in [-0.1, -0.05) is 0 Å². The lowest BCUT2D eigenvalue weighted by Gasteiger charge is -2.32. The molecule has 1 amide bonds. The molecule has 3 aromatic rings. The molecule has 0 spiro atoms. The number of halogens is 1. The van der Waals surface area contributed by atoms with Crippen LogP contribution in [0.3, 0.4) is 0 Å². The minimum Gasteiger partial charge on any atom is -0.341 e. The van der Waals surface area contributed by atoms with Crippen LogP contribution < -0.4 is 9.80 Å². The van der Waals surface area contributed by atoms with Gasteiger partial charge in [-0.15, -0.1) is 10.2 Å². The number of carbonyl (C=O) groups excluding carboxylic acids is 1. The van der Waals surface area contributed by atoms with E-state index in [-0.39, 0.29) is 5.91 Å². The van der Waals surface area contributed by atoms with E-state index in [1.165, 1.54) is 19.3 Å². The number of amides is 1. The molecule has 1 aliphatic heterocycles. The fraction of sp³-hybridized carbons (Fsp3) is 0.458. The topological polar surface area (TPSA) is 80.0 Å². The summed E-state index contributed by atoms with van der Waals surface area (Å²) in [7, 11) is 0. The minimum absolute atomic E-state index is 0.0858. The van der Waals surface area contributed by atoms with Crippen LogP contribution in [-0.4, -0.2) is 50.3 Å². The molecule has 0 unspecified atom stereocenters. The Kier molecular flexibility index (Phi) is 6.26. The maximum absolute atomic E-state index is 12.3. The Morgan fingerprint density at radius 2 is 1.76 bits per heavy atom. The third-order valence-electron chi connectivity index (χ3n) is 7.00. The third kappa shape index (κ3) is 5.00. The quantitative estimate of drug-likeness (QED) is 0.532. The Balaban J connectivity index is 1.12. The Labute approximate surface area is 198 Å². The molecule has 1 saturated carbocycles. The van der Waals surface area contributed by atoms with Crippen molar-refractivity contribution < 1.29 is 16.4 Å². The van der Waals surface area contributed by atoms with Crippen molar-refractivity contribution in [3.63, 3.8) is 0 Å². The third-order valence-corrected chi connectivity index (χ3v) is 7.21.